The highest BCUT2D eigenvalue weighted by Gasteiger charge is 2.11. The lowest BCUT2D eigenvalue weighted by molar-refractivity contribution is -0.115. The first-order valence-corrected chi connectivity index (χ1v) is 2.12. The number of hydrogen-bond acceptors (Lipinski definition) is 4. The molecule has 0 bridgehead atoms. The summed E-state index contributed by atoms with van der Waals surface area (Å²) in [5.41, 5.74) is 3.97. The van der Waals surface area contributed by atoms with Crippen molar-refractivity contribution < 1.29 is 14.8 Å². The summed E-state index contributed by atoms with van der Waals surface area (Å²) in [7, 11) is 0. The van der Waals surface area contributed by atoms with Crippen LogP contribution >= 0.6 is 0 Å². The van der Waals surface area contributed by atoms with Crippen LogP contribution in [0, 0.1) is 0 Å². The largest absolute Gasteiger partial charge is 0.410 e. The highest BCUT2D eigenvalue weighted by atomic mass is 16.4. The molecule has 0 aromatic carbocycles. The van der Waals surface area contributed by atoms with Crippen molar-refractivity contribution in [2.24, 2.45) is 10.9 Å². The van der Waals surface area contributed by atoms with Crippen LogP contribution in [0.2, 0.25) is 0 Å². The van der Waals surface area contributed by atoms with Crippen LogP contribution in [0.15, 0.2) is 5.16 Å². The number of oxime groups is 1. The van der Waals surface area contributed by atoms with Gasteiger partial charge in [-0.1, -0.05) is 5.16 Å². The van der Waals surface area contributed by atoms with Gasteiger partial charge in [0.1, 0.15) is 0 Å². The predicted molar refractivity (Wildman–Crippen MR) is 29.1 cm³/mol. The third-order valence-electron chi connectivity index (χ3n) is 0.667. The molecule has 0 aliphatic heterocycles. The first kappa shape index (κ1) is 7.61. The number of rotatable bonds is 2. The number of hydrogen-bond donors (Lipinski definition) is 2. The van der Waals surface area contributed by atoms with Crippen LogP contribution in [-0.2, 0) is 9.59 Å². The van der Waals surface area contributed by atoms with Gasteiger partial charge in [0, 0.05) is 6.92 Å². The maximum absolute atomic E-state index is 10.2. The molecule has 0 unspecified atom stereocenters. The van der Waals surface area contributed by atoms with E-state index in [1.54, 1.807) is 0 Å². The molecule has 3 N–H and O–H groups in total. The fraction of sp³-hybridized carbons (Fsp3) is 0.250. The molecular weight excluding hydrogens is 124 g/mol. The van der Waals surface area contributed by atoms with Crippen LogP contribution in [-0.4, -0.2) is 22.6 Å². The zero-order chi connectivity index (χ0) is 7.44. The molecule has 0 saturated carbocycles. The third-order valence-corrected chi connectivity index (χ3v) is 0.667. The molecule has 0 heterocycles. The first-order chi connectivity index (χ1) is 4.09. The standard InChI is InChI=1S/C4H6N2O3/c1-2(7)3(6-9)4(5)8/h9H,1H3,(H2,5,8)/b6-3+. The summed E-state index contributed by atoms with van der Waals surface area (Å²) in [4.78, 5) is 20.3. The summed E-state index contributed by atoms with van der Waals surface area (Å²) in [6.07, 6.45) is 0. The Morgan fingerprint density at radius 2 is 2.00 bits per heavy atom. The molecule has 0 radical (unpaired) electrons. The number of Topliss-reactive ketones (excluding diaryl/α,β-unsaturated/α-hetero) is 1. The van der Waals surface area contributed by atoms with Gasteiger partial charge in [-0.05, 0) is 0 Å². The molecule has 0 atom stereocenters. The molecule has 50 valence electrons. The number of carbonyl (C=O) groups excluding carboxylic acids is 2. The average Bonchev–Trinajstić information content (AvgIpc) is 1.64. The Balaban J connectivity index is 4.38. The summed E-state index contributed by atoms with van der Waals surface area (Å²) in [6, 6.07) is 0. The van der Waals surface area contributed by atoms with Crippen LogP contribution in [0.1, 0.15) is 6.92 Å². The van der Waals surface area contributed by atoms with Crippen molar-refractivity contribution in [3.63, 3.8) is 0 Å². The number of nitrogens with zero attached hydrogens (tertiary/aromatic N) is 1. The molecule has 5 heteroatoms. The smallest absolute Gasteiger partial charge is 0.274 e. The van der Waals surface area contributed by atoms with Crippen molar-refractivity contribution in [1.29, 1.82) is 0 Å². The zero-order valence-corrected chi connectivity index (χ0v) is 4.79. The molecule has 0 aliphatic rings. The van der Waals surface area contributed by atoms with E-state index in [-0.39, 0.29) is 0 Å². The van der Waals surface area contributed by atoms with Gasteiger partial charge >= 0.3 is 0 Å². The highest BCUT2D eigenvalue weighted by Crippen LogP contribution is 1.76. The Morgan fingerprint density at radius 3 is 2.00 bits per heavy atom. The average molecular weight is 130 g/mol. The van der Waals surface area contributed by atoms with Crippen LogP contribution in [0.5, 0.6) is 0 Å². The molecule has 0 rings (SSSR count). The van der Waals surface area contributed by atoms with E-state index in [0.29, 0.717) is 0 Å². The summed E-state index contributed by atoms with van der Waals surface area (Å²) < 4.78 is 0. The zero-order valence-electron chi connectivity index (χ0n) is 4.79. The monoisotopic (exact) mass is 130 g/mol. The van der Waals surface area contributed by atoms with Crippen LogP contribution in [0.4, 0.5) is 0 Å². The topological polar surface area (TPSA) is 92.8 Å². The van der Waals surface area contributed by atoms with Crippen molar-refractivity contribution in [3.8, 4) is 0 Å². The number of ketones is 1. The Labute approximate surface area is 51.1 Å². The minimum Gasteiger partial charge on any atom is -0.410 e. The SMILES string of the molecule is CC(=O)/C(=N\O)C(N)=O. The number of primary amides is 1. The molecule has 0 aromatic heterocycles. The Kier molecular flexibility index (Phi) is 2.37. The van der Waals surface area contributed by atoms with E-state index in [1.165, 1.54) is 0 Å². The maximum Gasteiger partial charge on any atom is 0.274 e. The van der Waals surface area contributed by atoms with E-state index in [9.17, 15) is 9.59 Å². The number of carbonyl (C=O) groups is 2. The van der Waals surface area contributed by atoms with Gasteiger partial charge in [-0.3, -0.25) is 9.59 Å². The van der Waals surface area contributed by atoms with Crippen LogP contribution in [0.3, 0.4) is 0 Å². The fourth-order valence-electron chi connectivity index (χ4n) is 0.293. The van der Waals surface area contributed by atoms with E-state index < -0.39 is 17.4 Å². The predicted octanol–water partition coefficient (Wildman–Crippen LogP) is -1.11. The molecular formula is C4H6N2O3. The second kappa shape index (κ2) is 2.81. The van der Waals surface area contributed by atoms with E-state index in [2.05, 4.69) is 10.9 Å². The summed E-state index contributed by atoms with van der Waals surface area (Å²) in [6.45, 7) is 1.08. The van der Waals surface area contributed by atoms with Gasteiger partial charge in [-0.15, -0.1) is 0 Å². The highest BCUT2D eigenvalue weighted by molar-refractivity contribution is 6.64. The van der Waals surface area contributed by atoms with Gasteiger partial charge in [-0.2, -0.15) is 0 Å². The summed E-state index contributed by atoms with van der Waals surface area (Å²) in [5, 5.41) is 10.3. The van der Waals surface area contributed by atoms with Gasteiger partial charge in [-0.25, -0.2) is 0 Å². The van der Waals surface area contributed by atoms with Crippen molar-refractivity contribution in [2.45, 2.75) is 6.92 Å². The van der Waals surface area contributed by atoms with E-state index in [0.717, 1.165) is 6.92 Å². The first-order valence-electron chi connectivity index (χ1n) is 2.12. The van der Waals surface area contributed by atoms with Crippen LogP contribution < -0.4 is 5.73 Å². The van der Waals surface area contributed by atoms with E-state index in [4.69, 9.17) is 5.21 Å². The molecule has 1 amide bonds. The van der Waals surface area contributed by atoms with Crippen molar-refractivity contribution >= 4 is 17.4 Å². The Bertz CT molecular complexity index is 157. The van der Waals surface area contributed by atoms with Gasteiger partial charge in [0.25, 0.3) is 5.91 Å². The van der Waals surface area contributed by atoms with Gasteiger partial charge in [0.05, 0.1) is 0 Å². The van der Waals surface area contributed by atoms with E-state index >= 15 is 0 Å². The number of amides is 1. The molecule has 0 aromatic rings. The van der Waals surface area contributed by atoms with Gasteiger partial charge < -0.3 is 10.9 Å². The third kappa shape index (κ3) is 1.89. The van der Waals surface area contributed by atoms with E-state index in [1.807, 2.05) is 0 Å². The molecule has 5 nitrogen and oxygen atoms in total. The quantitative estimate of drug-likeness (QED) is 0.215. The number of nitrogens with two attached hydrogens (primary N) is 1. The fourth-order valence-corrected chi connectivity index (χ4v) is 0.293. The Hall–Kier alpha value is -1.39. The molecule has 0 fully saturated rings. The molecule has 0 aliphatic carbocycles. The van der Waals surface area contributed by atoms with Gasteiger partial charge in [0.2, 0.25) is 5.71 Å². The maximum atomic E-state index is 10.2. The minimum absolute atomic E-state index is 0.630. The van der Waals surface area contributed by atoms with Crippen molar-refractivity contribution in [2.75, 3.05) is 0 Å². The second-order valence-corrected chi connectivity index (χ2v) is 1.37. The lowest BCUT2D eigenvalue weighted by atomic mass is 10.3. The molecule has 9 heavy (non-hydrogen) atoms. The lowest BCUT2D eigenvalue weighted by Crippen LogP contribution is -2.28. The molecule has 0 saturated heterocycles. The van der Waals surface area contributed by atoms with Gasteiger partial charge in [0.15, 0.2) is 5.78 Å². The van der Waals surface area contributed by atoms with Crippen LogP contribution in [0.25, 0.3) is 0 Å². The normalized spacial score (nSPS) is 11.0. The van der Waals surface area contributed by atoms with Crippen molar-refractivity contribution in [3.05, 3.63) is 0 Å². The second-order valence-electron chi connectivity index (χ2n) is 1.37. The molecule has 0 spiro atoms. The lowest BCUT2D eigenvalue weighted by Gasteiger charge is -1.88. The Morgan fingerprint density at radius 1 is 1.56 bits per heavy atom. The minimum atomic E-state index is -1.02. The summed E-state index contributed by atoms with van der Waals surface area (Å²) >= 11 is 0. The van der Waals surface area contributed by atoms with Crippen molar-refractivity contribution in [1.82, 2.24) is 0 Å². The summed E-state index contributed by atoms with van der Waals surface area (Å²) in [5.74, 6) is -1.67.